The van der Waals surface area contributed by atoms with E-state index in [-0.39, 0.29) is 0 Å². The Bertz CT molecular complexity index is 255. The van der Waals surface area contributed by atoms with E-state index >= 15 is 0 Å². The largest absolute Gasteiger partial charge is 0.0876 e. The van der Waals surface area contributed by atoms with Gasteiger partial charge in [0.1, 0.15) is 0 Å². The van der Waals surface area contributed by atoms with E-state index in [0.29, 0.717) is 0 Å². The average Bonchev–Trinajstić information content (AvgIpc) is 2.61. The Labute approximate surface area is 68.0 Å². The van der Waals surface area contributed by atoms with E-state index < -0.39 is 0 Å². The molecule has 3 rings (SSSR count). The van der Waals surface area contributed by atoms with Crippen LogP contribution in [0.2, 0.25) is 0 Å². The van der Waals surface area contributed by atoms with Gasteiger partial charge in [-0.1, -0.05) is 23.3 Å². The van der Waals surface area contributed by atoms with Gasteiger partial charge in [-0.15, -0.1) is 0 Å². The first-order valence-electron chi connectivity index (χ1n) is 4.74. The molecule has 0 aromatic heterocycles. The molecule has 0 aromatic carbocycles. The van der Waals surface area contributed by atoms with E-state index in [0.717, 1.165) is 17.8 Å². The lowest BCUT2D eigenvalue weighted by atomic mass is 9.80. The molecule has 0 N–H and O–H groups in total. The molecule has 0 amide bonds. The van der Waals surface area contributed by atoms with Crippen LogP contribution in [-0.2, 0) is 0 Å². The molecule has 3 unspecified atom stereocenters. The Hall–Kier alpha value is -0.520. The number of hydrogen-bond donors (Lipinski definition) is 0. The smallest absolute Gasteiger partial charge is 0.00973 e. The van der Waals surface area contributed by atoms with Crippen molar-refractivity contribution in [3.8, 4) is 0 Å². The molecule has 3 aliphatic rings. The van der Waals surface area contributed by atoms with E-state index in [9.17, 15) is 0 Å². The molecule has 0 saturated heterocycles. The van der Waals surface area contributed by atoms with E-state index in [2.05, 4.69) is 19.1 Å². The zero-order chi connectivity index (χ0) is 7.42. The summed E-state index contributed by atoms with van der Waals surface area (Å²) in [5.41, 5.74) is 3.58. The van der Waals surface area contributed by atoms with Crippen LogP contribution in [0.5, 0.6) is 0 Å². The van der Waals surface area contributed by atoms with Gasteiger partial charge in [-0.2, -0.15) is 0 Å². The summed E-state index contributed by atoms with van der Waals surface area (Å²) in [6.07, 6.45) is 9.06. The fourth-order valence-corrected chi connectivity index (χ4v) is 3.38. The summed E-state index contributed by atoms with van der Waals surface area (Å²) in [5, 5.41) is 0. The maximum absolute atomic E-state index is 2.46. The lowest BCUT2D eigenvalue weighted by molar-refractivity contribution is 0.357. The van der Waals surface area contributed by atoms with Crippen LogP contribution in [0.1, 0.15) is 26.2 Å². The summed E-state index contributed by atoms with van der Waals surface area (Å²) in [7, 11) is 0. The summed E-state index contributed by atoms with van der Waals surface area (Å²) < 4.78 is 0. The summed E-state index contributed by atoms with van der Waals surface area (Å²) in [6.45, 7) is 2.36. The van der Waals surface area contributed by atoms with Gasteiger partial charge >= 0.3 is 0 Å². The van der Waals surface area contributed by atoms with E-state index in [1.54, 1.807) is 5.57 Å². The first-order chi connectivity index (χ1) is 5.38. The number of fused-ring (bicyclic) bond motifs is 4. The lowest BCUT2D eigenvalue weighted by Gasteiger charge is -2.23. The van der Waals surface area contributed by atoms with Gasteiger partial charge in [-0.05, 0) is 43.9 Å². The second-order valence-corrected chi connectivity index (χ2v) is 4.20. The summed E-state index contributed by atoms with van der Waals surface area (Å²) >= 11 is 0. The van der Waals surface area contributed by atoms with E-state index in [4.69, 9.17) is 0 Å². The van der Waals surface area contributed by atoms with Crippen LogP contribution in [0.25, 0.3) is 0 Å². The minimum absolute atomic E-state index is 0.929. The molecule has 2 bridgehead atoms. The van der Waals surface area contributed by atoms with Crippen LogP contribution in [0.3, 0.4) is 0 Å². The van der Waals surface area contributed by atoms with Crippen LogP contribution in [0.15, 0.2) is 23.3 Å². The predicted octanol–water partition coefficient (Wildman–Crippen LogP) is 2.92. The topological polar surface area (TPSA) is 0 Å². The van der Waals surface area contributed by atoms with Crippen LogP contribution in [0, 0.1) is 17.8 Å². The molecule has 0 aliphatic heterocycles. The van der Waals surface area contributed by atoms with Crippen LogP contribution in [0.4, 0.5) is 0 Å². The number of rotatable bonds is 0. The first kappa shape index (κ1) is 6.05. The summed E-state index contributed by atoms with van der Waals surface area (Å²) in [4.78, 5) is 0. The highest BCUT2D eigenvalue weighted by atomic mass is 14.5. The molecule has 0 saturated carbocycles. The zero-order valence-corrected chi connectivity index (χ0v) is 7.01. The second-order valence-electron chi connectivity index (χ2n) is 4.20. The van der Waals surface area contributed by atoms with Gasteiger partial charge in [0.15, 0.2) is 0 Å². The van der Waals surface area contributed by atoms with Crippen LogP contribution < -0.4 is 0 Å². The van der Waals surface area contributed by atoms with Gasteiger partial charge < -0.3 is 0 Å². The normalized spacial score (nSPS) is 45.7. The average molecular weight is 146 g/mol. The molecule has 11 heavy (non-hydrogen) atoms. The van der Waals surface area contributed by atoms with Crippen molar-refractivity contribution in [3.05, 3.63) is 23.3 Å². The van der Waals surface area contributed by atoms with Gasteiger partial charge in [0, 0.05) is 0 Å². The number of hydrogen-bond acceptors (Lipinski definition) is 0. The van der Waals surface area contributed by atoms with Crippen molar-refractivity contribution in [3.63, 3.8) is 0 Å². The van der Waals surface area contributed by atoms with Crippen LogP contribution >= 0.6 is 0 Å². The van der Waals surface area contributed by atoms with E-state index in [1.807, 2.05) is 5.57 Å². The molecule has 3 aliphatic carbocycles. The summed E-state index contributed by atoms with van der Waals surface area (Å²) in [6, 6.07) is 0. The summed E-state index contributed by atoms with van der Waals surface area (Å²) in [5.74, 6) is 2.83. The first-order valence-corrected chi connectivity index (χ1v) is 4.74. The Kier molecular flexibility index (Phi) is 0.988. The highest BCUT2D eigenvalue weighted by molar-refractivity contribution is 5.36. The highest BCUT2D eigenvalue weighted by Gasteiger charge is 2.44. The third kappa shape index (κ3) is 0.571. The third-order valence-electron chi connectivity index (χ3n) is 3.91. The van der Waals surface area contributed by atoms with E-state index in [1.165, 1.54) is 19.3 Å². The number of allylic oxidation sites excluding steroid dienone is 4. The quantitative estimate of drug-likeness (QED) is 0.461. The maximum atomic E-state index is 2.46. The van der Waals surface area contributed by atoms with Gasteiger partial charge in [-0.25, -0.2) is 0 Å². The minimum atomic E-state index is 0.929. The Morgan fingerprint density at radius 1 is 1.36 bits per heavy atom. The standard InChI is InChI=1S/C11H14/c1-7-8-5-6-9(7)11-4-2-3-10(8)11/h2-3,8,10-11H,4-6H2,1H3. The van der Waals surface area contributed by atoms with Gasteiger partial charge in [0.05, 0.1) is 0 Å². The molecular formula is C11H14. The fourth-order valence-electron chi connectivity index (χ4n) is 3.38. The van der Waals surface area contributed by atoms with Crippen molar-refractivity contribution in [1.82, 2.24) is 0 Å². The third-order valence-corrected chi connectivity index (χ3v) is 3.91. The van der Waals surface area contributed by atoms with Crippen molar-refractivity contribution in [1.29, 1.82) is 0 Å². The molecule has 0 aromatic rings. The maximum Gasteiger partial charge on any atom is -0.00973 e. The fraction of sp³-hybridized carbons (Fsp3) is 0.636. The van der Waals surface area contributed by atoms with Crippen LogP contribution in [-0.4, -0.2) is 0 Å². The van der Waals surface area contributed by atoms with Gasteiger partial charge in [0.2, 0.25) is 0 Å². The molecular weight excluding hydrogens is 132 g/mol. The minimum Gasteiger partial charge on any atom is -0.0876 e. The van der Waals surface area contributed by atoms with Crippen molar-refractivity contribution in [2.45, 2.75) is 26.2 Å². The van der Waals surface area contributed by atoms with Gasteiger partial charge in [-0.3, -0.25) is 0 Å². The van der Waals surface area contributed by atoms with Gasteiger partial charge in [0.25, 0.3) is 0 Å². The Morgan fingerprint density at radius 3 is 3.09 bits per heavy atom. The molecule has 0 heterocycles. The molecule has 0 radical (unpaired) electrons. The molecule has 0 nitrogen and oxygen atoms in total. The molecule has 3 atom stereocenters. The van der Waals surface area contributed by atoms with Crippen molar-refractivity contribution >= 4 is 0 Å². The Balaban J connectivity index is 2.06. The molecule has 0 spiro atoms. The predicted molar refractivity (Wildman–Crippen MR) is 46.2 cm³/mol. The van der Waals surface area contributed by atoms with Crippen molar-refractivity contribution in [2.24, 2.45) is 17.8 Å². The molecule has 0 heteroatoms. The SMILES string of the molecule is CC1=C2CCC1C1C=CCC21. The van der Waals surface area contributed by atoms with Crippen molar-refractivity contribution in [2.75, 3.05) is 0 Å². The monoisotopic (exact) mass is 146 g/mol. The highest BCUT2D eigenvalue weighted by Crippen LogP contribution is 2.55. The Morgan fingerprint density at radius 2 is 2.27 bits per heavy atom. The zero-order valence-electron chi connectivity index (χ0n) is 7.01. The second kappa shape index (κ2) is 1.80. The molecule has 0 fully saturated rings. The molecule has 58 valence electrons. The van der Waals surface area contributed by atoms with Crippen molar-refractivity contribution < 1.29 is 0 Å². The lowest BCUT2D eigenvalue weighted by Crippen LogP contribution is -2.16.